The van der Waals surface area contributed by atoms with E-state index in [4.69, 9.17) is 5.73 Å². The Morgan fingerprint density at radius 1 is 1.21 bits per heavy atom. The maximum atomic E-state index is 13.2. The SMILES string of the molecule is CC(O)(CSc1cc(N)cc(F)c1)c1ccccc1. The third kappa shape index (κ3) is 3.72. The van der Waals surface area contributed by atoms with Crippen LogP contribution in [-0.2, 0) is 5.60 Å². The maximum absolute atomic E-state index is 13.2. The van der Waals surface area contributed by atoms with Crippen LogP contribution < -0.4 is 5.73 Å². The molecule has 0 fully saturated rings. The number of thioether (sulfide) groups is 1. The largest absolute Gasteiger partial charge is 0.399 e. The van der Waals surface area contributed by atoms with E-state index in [0.717, 1.165) is 5.56 Å². The second kappa shape index (κ2) is 5.63. The van der Waals surface area contributed by atoms with Crippen molar-refractivity contribution in [3.8, 4) is 0 Å². The lowest BCUT2D eigenvalue weighted by Crippen LogP contribution is -2.24. The van der Waals surface area contributed by atoms with Gasteiger partial charge in [0.15, 0.2) is 0 Å². The average molecular weight is 277 g/mol. The fraction of sp³-hybridized carbons (Fsp3) is 0.200. The van der Waals surface area contributed by atoms with Gasteiger partial charge in [0.05, 0.1) is 5.60 Å². The van der Waals surface area contributed by atoms with Gasteiger partial charge < -0.3 is 10.8 Å². The Bertz CT molecular complexity index is 537. The molecule has 100 valence electrons. The summed E-state index contributed by atoms with van der Waals surface area (Å²) in [5, 5.41) is 10.4. The van der Waals surface area contributed by atoms with Gasteiger partial charge in [0.1, 0.15) is 5.82 Å². The van der Waals surface area contributed by atoms with E-state index >= 15 is 0 Å². The molecule has 0 saturated heterocycles. The zero-order valence-corrected chi connectivity index (χ0v) is 11.5. The van der Waals surface area contributed by atoms with Gasteiger partial charge in [-0.2, -0.15) is 0 Å². The van der Waals surface area contributed by atoms with Gasteiger partial charge in [0.25, 0.3) is 0 Å². The predicted octanol–water partition coefficient (Wildman–Crippen LogP) is 3.41. The Balaban J connectivity index is 2.09. The molecule has 0 aliphatic heterocycles. The molecule has 0 bridgehead atoms. The van der Waals surface area contributed by atoms with Gasteiger partial charge in [0, 0.05) is 16.3 Å². The second-order valence-electron chi connectivity index (χ2n) is 4.65. The number of aliphatic hydroxyl groups is 1. The molecular weight excluding hydrogens is 261 g/mol. The van der Waals surface area contributed by atoms with E-state index in [1.807, 2.05) is 30.3 Å². The lowest BCUT2D eigenvalue weighted by molar-refractivity contribution is 0.0839. The molecule has 0 spiro atoms. The number of benzene rings is 2. The molecule has 0 amide bonds. The first-order chi connectivity index (χ1) is 8.97. The second-order valence-corrected chi connectivity index (χ2v) is 5.70. The normalized spacial score (nSPS) is 14.1. The zero-order valence-electron chi connectivity index (χ0n) is 10.6. The van der Waals surface area contributed by atoms with E-state index in [1.165, 1.54) is 23.9 Å². The smallest absolute Gasteiger partial charge is 0.126 e. The number of anilines is 1. The van der Waals surface area contributed by atoms with Crippen LogP contribution in [0, 0.1) is 5.82 Å². The van der Waals surface area contributed by atoms with Gasteiger partial charge in [-0.1, -0.05) is 30.3 Å². The van der Waals surface area contributed by atoms with Crippen molar-refractivity contribution in [3.05, 3.63) is 59.9 Å². The monoisotopic (exact) mass is 277 g/mol. The van der Waals surface area contributed by atoms with E-state index in [-0.39, 0.29) is 5.82 Å². The van der Waals surface area contributed by atoms with E-state index in [2.05, 4.69) is 0 Å². The van der Waals surface area contributed by atoms with Crippen molar-refractivity contribution in [2.24, 2.45) is 0 Å². The van der Waals surface area contributed by atoms with Crippen molar-refractivity contribution in [3.63, 3.8) is 0 Å². The van der Waals surface area contributed by atoms with Crippen molar-refractivity contribution in [1.29, 1.82) is 0 Å². The van der Waals surface area contributed by atoms with Crippen molar-refractivity contribution in [2.45, 2.75) is 17.4 Å². The lowest BCUT2D eigenvalue weighted by atomic mass is 9.99. The number of nitrogens with two attached hydrogens (primary N) is 1. The molecule has 2 aromatic carbocycles. The van der Waals surface area contributed by atoms with E-state index < -0.39 is 5.60 Å². The average Bonchev–Trinajstić information content (AvgIpc) is 2.37. The third-order valence-corrected chi connectivity index (χ3v) is 4.08. The Kier molecular flexibility index (Phi) is 4.12. The predicted molar refractivity (Wildman–Crippen MR) is 77.5 cm³/mol. The molecule has 1 unspecified atom stereocenters. The minimum atomic E-state index is -0.965. The Hall–Kier alpha value is -1.52. The van der Waals surface area contributed by atoms with Gasteiger partial charge >= 0.3 is 0 Å². The molecule has 19 heavy (non-hydrogen) atoms. The van der Waals surface area contributed by atoms with E-state index in [9.17, 15) is 9.50 Å². The molecule has 2 nitrogen and oxygen atoms in total. The minimum absolute atomic E-state index is 0.359. The maximum Gasteiger partial charge on any atom is 0.126 e. The highest BCUT2D eigenvalue weighted by molar-refractivity contribution is 7.99. The summed E-state index contributed by atoms with van der Waals surface area (Å²) >= 11 is 1.38. The number of halogens is 1. The van der Waals surface area contributed by atoms with Crippen LogP contribution in [0.5, 0.6) is 0 Å². The first-order valence-electron chi connectivity index (χ1n) is 5.94. The zero-order chi connectivity index (χ0) is 13.9. The molecule has 0 radical (unpaired) electrons. The molecule has 4 heteroatoms. The van der Waals surface area contributed by atoms with Crippen LogP contribution >= 0.6 is 11.8 Å². The molecule has 2 aromatic rings. The summed E-state index contributed by atoms with van der Waals surface area (Å²) in [5.41, 5.74) is 5.86. The first kappa shape index (κ1) is 13.9. The molecule has 2 rings (SSSR count). The molecule has 0 aliphatic carbocycles. The number of hydrogen-bond acceptors (Lipinski definition) is 3. The van der Waals surface area contributed by atoms with Gasteiger partial charge in [-0.3, -0.25) is 0 Å². The van der Waals surface area contributed by atoms with Gasteiger partial charge in [0.2, 0.25) is 0 Å². The highest BCUT2D eigenvalue weighted by Gasteiger charge is 2.23. The third-order valence-electron chi connectivity index (χ3n) is 2.81. The molecule has 0 saturated carbocycles. The lowest BCUT2D eigenvalue weighted by Gasteiger charge is -2.23. The Labute approximate surface area is 116 Å². The standard InChI is InChI=1S/C15H16FNOS/c1-15(18,11-5-3-2-4-6-11)10-19-14-8-12(16)7-13(17)9-14/h2-9,18H,10,17H2,1H3. The summed E-state index contributed by atoms with van der Waals surface area (Å²) in [6.45, 7) is 1.75. The topological polar surface area (TPSA) is 46.2 Å². The molecule has 1 atom stereocenters. The molecular formula is C15H16FNOS. The van der Waals surface area contributed by atoms with Crippen LogP contribution in [-0.4, -0.2) is 10.9 Å². The summed E-state index contributed by atoms with van der Waals surface area (Å²) in [4.78, 5) is 0.716. The number of nitrogen functional groups attached to an aromatic ring is 1. The van der Waals surface area contributed by atoms with E-state index in [0.29, 0.717) is 16.3 Å². The highest BCUT2D eigenvalue weighted by atomic mass is 32.2. The van der Waals surface area contributed by atoms with Crippen molar-refractivity contribution in [1.82, 2.24) is 0 Å². The van der Waals surface area contributed by atoms with Crippen LogP contribution in [0.2, 0.25) is 0 Å². The van der Waals surface area contributed by atoms with Gasteiger partial charge in [-0.25, -0.2) is 4.39 Å². The summed E-state index contributed by atoms with van der Waals surface area (Å²) in [7, 11) is 0. The van der Waals surface area contributed by atoms with Crippen LogP contribution in [0.1, 0.15) is 12.5 Å². The van der Waals surface area contributed by atoms with Gasteiger partial charge in [-0.05, 0) is 30.7 Å². The highest BCUT2D eigenvalue weighted by Crippen LogP contribution is 2.30. The Morgan fingerprint density at radius 2 is 1.89 bits per heavy atom. The Morgan fingerprint density at radius 3 is 2.53 bits per heavy atom. The van der Waals surface area contributed by atoms with Crippen molar-refractivity contribution >= 4 is 17.4 Å². The molecule has 0 aliphatic rings. The number of hydrogen-bond donors (Lipinski definition) is 2. The fourth-order valence-corrected chi connectivity index (χ4v) is 2.80. The minimum Gasteiger partial charge on any atom is -0.399 e. The fourth-order valence-electron chi connectivity index (χ4n) is 1.77. The molecule has 3 N–H and O–H groups in total. The van der Waals surface area contributed by atoms with Crippen molar-refractivity contribution < 1.29 is 9.50 Å². The van der Waals surface area contributed by atoms with Gasteiger partial charge in [-0.15, -0.1) is 11.8 Å². The van der Waals surface area contributed by atoms with Crippen LogP contribution in [0.3, 0.4) is 0 Å². The first-order valence-corrected chi connectivity index (χ1v) is 6.93. The summed E-state index contributed by atoms with van der Waals surface area (Å²) in [6, 6.07) is 13.8. The van der Waals surface area contributed by atoms with Crippen molar-refractivity contribution in [2.75, 3.05) is 11.5 Å². The van der Waals surface area contributed by atoms with Crippen LogP contribution in [0.15, 0.2) is 53.4 Å². The summed E-state index contributed by atoms with van der Waals surface area (Å²) in [5.74, 6) is 0.0711. The van der Waals surface area contributed by atoms with Crippen LogP contribution in [0.25, 0.3) is 0 Å². The summed E-state index contributed by atoms with van der Waals surface area (Å²) in [6.07, 6.45) is 0. The summed E-state index contributed by atoms with van der Waals surface area (Å²) < 4.78 is 13.2. The quantitative estimate of drug-likeness (QED) is 0.665. The molecule has 0 aromatic heterocycles. The molecule has 0 heterocycles. The van der Waals surface area contributed by atoms with E-state index in [1.54, 1.807) is 13.0 Å². The van der Waals surface area contributed by atoms with Crippen LogP contribution in [0.4, 0.5) is 10.1 Å². The number of rotatable bonds is 4.